The Morgan fingerprint density at radius 1 is 1.57 bits per heavy atom. The molecule has 0 saturated heterocycles. The van der Waals surface area contributed by atoms with Gasteiger partial charge in [0.1, 0.15) is 5.75 Å². The maximum atomic E-state index is 11.4. The topological polar surface area (TPSA) is 53.4 Å². The van der Waals surface area contributed by atoms with Crippen molar-refractivity contribution >= 4 is 5.78 Å². The van der Waals surface area contributed by atoms with E-state index < -0.39 is 0 Å². The van der Waals surface area contributed by atoms with Crippen molar-refractivity contribution in [2.45, 2.75) is 0 Å². The number of hydrogen-bond donors (Lipinski definition) is 1. The second-order valence-corrected chi connectivity index (χ2v) is 3.01. The molecule has 0 unspecified atom stereocenters. The summed E-state index contributed by atoms with van der Waals surface area (Å²) in [5.74, 6) is -0.405. The Hall–Kier alpha value is -1.84. The molecule has 0 aromatic carbocycles. The van der Waals surface area contributed by atoms with Crippen LogP contribution >= 0.6 is 0 Å². The maximum absolute atomic E-state index is 11.4. The lowest BCUT2D eigenvalue weighted by molar-refractivity contribution is 0.103. The van der Waals surface area contributed by atoms with Crippen molar-refractivity contribution in [3.05, 3.63) is 36.3 Å². The van der Waals surface area contributed by atoms with Crippen LogP contribution in [-0.4, -0.2) is 34.9 Å². The molecule has 4 nitrogen and oxygen atoms in total. The van der Waals surface area contributed by atoms with E-state index in [-0.39, 0.29) is 17.2 Å². The van der Waals surface area contributed by atoms with Gasteiger partial charge in [0.2, 0.25) is 5.78 Å². The number of aromatic hydroxyl groups is 1. The quantitative estimate of drug-likeness (QED) is 0.574. The molecule has 1 aromatic rings. The molecule has 1 N–H and O–H groups in total. The van der Waals surface area contributed by atoms with E-state index in [1.807, 2.05) is 14.1 Å². The molecule has 74 valence electrons. The average molecular weight is 192 g/mol. The largest absolute Gasteiger partial charge is 0.506 e. The summed E-state index contributed by atoms with van der Waals surface area (Å²) in [4.78, 5) is 17.0. The van der Waals surface area contributed by atoms with Crippen molar-refractivity contribution < 1.29 is 9.90 Å². The highest BCUT2D eigenvalue weighted by Gasteiger charge is 2.08. The minimum Gasteiger partial charge on any atom is -0.506 e. The van der Waals surface area contributed by atoms with E-state index in [2.05, 4.69) is 4.98 Å². The number of nitrogens with zero attached hydrogens (tertiary/aromatic N) is 2. The van der Waals surface area contributed by atoms with Crippen LogP contribution in [0.4, 0.5) is 0 Å². The molecule has 0 aliphatic rings. The molecular formula is C10H12N2O2. The first-order chi connectivity index (χ1) is 6.61. The van der Waals surface area contributed by atoms with Gasteiger partial charge in [-0.3, -0.25) is 4.79 Å². The first-order valence-corrected chi connectivity index (χ1v) is 4.14. The SMILES string of the molecule is CN(C)/C=C/C(=O)c1ncccc1O. The summed E-state index contributed by atoms with van der Waals surface area (Å²) in [5.41, 5.74) is 0.0746. The summed E-state index contributed by atoms with van der Waals surface area (Å²) in [6.07, 6.45) is 4.44. The standard InChI is InChI=1S/C10H12N2O2/c1-12(2)7-5-9(14)10-8(13)4-3-6-11-10/h3-7,13H,1-2H3/b7-5+. The minimum atomic E-state index is -0.309. The fourth-order valence-corrected chi connectivity index (χ4v) is 0.882. The molecule has 0 spiro atoms. The summed E-state index contributed by atoms with van der Waals surface area (Å²) < 4.78 is 0. The fraction of sp³-hybridized carbons (Fsp3) is 0.200. The monoisotopic (exact) mass is 192 g/mol. The number of ketones is 1. The summed E-state index contributed by atoms with van der Waals surface area (Å²) in [6.45, 7) is 0. The lowest BCUT2D eigenvalue weighted by Gasteiger charge is -2.02. The number of allylic oxidation sites excluding steroid dienone is 1. The molecule has 0 atom stereocenters. The minimum absolute atomic E-state index is 0.0746. The lowest BCUT2D eigenvalue weighted by atomic mass is 10.2. The van der Waals surface area contributed by atoms with Gasteiger partial charge >= 0.3 is 0 Å². The predicted octanol–water partition coefficient (Wildman–Crippen LogP) is 1.05. The third-order valence-electron chi connectivity index (χ3n) is 1.54. The summed E-state index contributed by atoms with van der Waals surface area (Å²) in [5, 5.41) is 9.32. The van der Waals surface area contributed by atoms with Gasteiger partial charge in [0.05, 0.1) is 0 Å². The molecule has 0 aliphatic carbocycles. The molecule has 0 radical (unpaired) electrons. The van der Waals surface area contributed by atoms with Gasteiger partial charge in [0.25, 0.3) is 0 Å². The molecule has 0 aliphatic heterocycles. The van der Waals surface area contributed by atoms with E-state index >= 15 is 0 Å². The Morgan fingerprint density at radius 3 is 2.86 bits per heavy atom. The molecule has 0 bridgehead atoms. The van der Waals surface area contributed by atoms with Crippen LogP contribution in [0.25, 0.3) is 0 Å². The van der Waals surface area contributed by atoms with Crippen molar-refractivity contribution in [2.75, 3.05) is 14.1 Å². The normalized spacial score (nSPS) is 10.4. The zero-order valence-electron chi connectivity index (χ0n) is 8.14. The summed E-state index contributed by atoms with van der Waals surface area (Å²) in [7, 11) is 3.62. The van der Waals surface area contributed by atoms with Gasteiger partial charge < -0.3 is 10.0 Å². The Labute approximate surface area is 82.5 Å². The molecule has 4 heteroatoms. The van der Waals surface area contributed by atoms with Crippen molar-refractivity contribution in [1.29, 1.82) is 0 Å². The van der Waals surface area contributed by atoms with Crippen molar-refractivity contribution in [1.82, 2.24) is 9.88 Å². The number of carbonyl (C=O) groups excluding carboxylic acids is 1. The number of carbonyl (C=O) groups is 1. The first kappa shape index (κ1) is 10.2. The van der Waals surface area contributed by atoms with Crippen LogP contribution in [0.15, 0.2) is 30.6 Å². The summed E-state index contributed by atoms with van der Waals surface area (Å²) in [6, 6.07) is 3.01. The van der Waals surface area contributed by atoms with Crippen LogP contribution in [0.1, 0.15) is 10.5 Å². The van der Waals surface area contributed by atoms with Crippen molar-refractivity contribution in [3.8, 4) is 5.75 Å². The van der Waals surface area contributed by atoms with Crippen molar-refractivity contribution in [2.24, 2.45) is 0 Å². The van der Waals surface area contributed by atoms with Crippen LogP contribution in [0.2, 0.25) is 0 Å². The fourth-order valence-electron chi connectivity index (χ4n) is 0.882. The smallest absolute Gasteiger partial charge is 0.209 e. The highest BCUT2D eigenvalue weighted by atomic mass is 16.3. The zero-order chi connectivity index (χ0) is 10.6. The van der Waals surface area contributed by atoms with Crippen LogP contribution in [0.5, 0.6) is 5.75 Å². The second kappa shape index (κ2) is 4.41. The van der Waals surface area contributed by atoms with Gasteiger partial charge in [-0.25, -0.2) is 4.98 Å². The predicted molar refractivity (Wildman–Crippen MR) is 53.1 cm³/mol. The lowest BCUT2D eigenvalue weighted by Crippen LogP contribution is -2.04. The molecule has 0 saturated carbocycles. The second-order valence-electron chi connectivity index (χ2n) is 3.01. The number of hydrogen-bond acceptors (Lipinski definition) is 4. The third kappa shape index (κ3) is 2.58. The number of pyridine rings is 1. The van der Waals surface area contributed by atoms with E-state index in [0.717, 1.165) is 0 Å². The highest BCUT2D eigenvalue weighted by molar-refractivity contribution is 6.04. The van der Waals surface area contributed by atoms with Gasteiger partial charge in [-0.2, -0.15) is 0 Å². The van der Waals surface area contributed by atoms with Gasteiger partial charge in [0, 0.05) is 32.6 Å². The maximum Gasteiger partial charge on any atom is 0.209 e. The Bertz CT molecular complexity index is 359. The van der Waals surface area contributed by atoms with Gasteiger partial charge in [-0.15, -0.1) is 0 Å². The first-order valence-electron chi connectivity index (χ1n) is 4.14. The van der Waals surface area contributed by atoms with Crippen molar-refractivity contribution in [3.63, 3.8) is 0 Å². The third-order valence-corrected chi connectivity index (χ3v) is 1.54. The molecule has 0 fully saturated rings. The highest BCUT2D eigenvalue weighted by Crippen LogP contribution is 2.13. The Morgan fingerprint density at radius 2 is 2.29 bits per heavy atom. The van der Waals surface area contributed by atoms with E-state index in [1.165, 1.54) is 18.3 Å². The van der Waals surface area contributed by atoms with E-state index in [4.69, 9.17) is 0 Å². The van der Waals surface area contributed by atoms with Gasteiger partial charge in [-0.05, 0) is 12.1 Å². The molecule has 1 rings (SSSR count). The van der Waals surface area contributed by atoms with Gasteiger partial charge in [-0.1, -0.05) is 0 Å². The summed E-state index contributed by atoms with van der Waals surface area (Å²) >= 11 is 0. The average Bonchev–Trinajstić information content (AvgIpc) is 2.15. The molecule has 1 heterocycles. The van der Waals surface area contributed by atoms with Crippen LogP contribution < -0.4 is 0 Å². The zero-order valence-corrected chi connectivity index (χ0v) is 8.14. The van der Waals surface area contributed by atoms with Crippen LogP contribution in [-0.2, 0) is 0 Å². The molecule has 1 aromatic heterocycles. The van der Waals surface area contributed by atoms with Crippen LogP contribution in [0.3, 0.4) is 0 Å². The molecule has 0 amide bonds. The number of rotatable bonds is 3. The molecule has 14 heavy (non-hydrogen) atoms. The van der Waals surface area contributed by atoms with Crippen LogP contribution in [0, 0.1) is 0 Å². The number of aromatic nitrogens is 1. The Kier molecular flexibility index (Phi) is 3.23. The molecular weight excluding hydrogens is 180 g/mol. The van der Waals surface area contributed by atoms with E-state index in [0.29, 0.717) is 0 Å². The van der Waals surface area contributed by atoms with E-state index in [9.17, 15) is 9.90 Å². The van der Waals surface area contributed by atoms with E-state index in [1.54, 1.807) is 17.2 Å². The Balaban J connectivity index is 2.85. The van der Waals surface area contributed by atoms with Gasteiger partial charge in [0.15, 0.2) is 5.69 Å².